The number of allylic oxidation sites excluding steroid dienone is 6. The number of hydrogen-bond acceptors (Lipinski definition) is 7. The maximum atomic E-state index is 13.9. The molecular weight excluding hydrogens is 602 g/mol. The summed E-state index contributed by atoms with van der Waals surface area (Å²) >= 11 is 9.25. The lowest BCUT2D eigenvalue weighted by Gasteiger charge is -2.42. The number of carbonyl (C=O) groups is 4. The van der Waals surface area contributed by atoms with Crippen LogP contribution in [-0.2, 0) is 19.2 Å². The Labute approximate surface area is 243 Å². The molecule has 1 saturated heterocycles. The Kier molecular flexibility index (Phi) is 6.46. The molecule has 1 fully saturated rings. The van der Waals surface area contributed by atoms with Crippen LogP contribution in [0.4, 0.5) is 5.69 Å². The van der Waals surface area contributed by atoms with Crippen molar-refractivity contribution in [2.45, 2.75) is 18.8 Å². The molecule has 10 heteroatoms. The highest BCUT2D eigenvalue weighted by molar-refractivity contribution is 9.12. The molecule has 0 unspecified atom stereocenters. The van der Waals surface area contributed by atoms with Gasteiger partial charge in [-0.15, -0.1) is 0 Å². The van der Waals surface area contributed by atoms with Crippen molar-refractivity contribution >= 4 is 56.6 Å². The summed E-state index contributed by atoms with van der Waals surface area (Å²) in [4.78, 5) is 55.6. The average Bonchev–Trinajstić information content (AvgIpc) is 3.20. The third-order valence-electron chi connectivity index (χ3n) is 8.25. The van der Waals surface area contributed by atoms with Gasteiger partial charge in [-0.1, -0.05) is 23.3 Å². The van der Waals surface area contributed by atoms with Crippen LogP contribution in [0.25, 0.3) is 0 Å². The van der Waals surface area contributed by atoms with Crippen LogP contribution < -0.4 is 14.4 Å². The number of ketones is 2. The average molecular weight is 625 g/mol. The number of phenols is 1. The molecule has 1 aliphatic heterocycles. The van der Waals surface area contributed by atoms with Crippen molar-refractivity contribution in [1.82, 2.24) is 0 Å². The lowest BCUT2D eigenvalue weighted by molar-refractivity contribution is -0.123. The predicted molar refractivity (Wildman–Crippen MR) is 150 cm³/mol. The van der Waals surface area contributed by atoms with Gasteiger partial charge >= 0.3 is 0 Å². The molecule has 2 amide bonds. The number of fused-ring (bicyclic) bond motifs is 3. The zero-order valence-corrected chi connectivity index (χ0v) is 23.8. The number of Topliss-reactive ketones (excluding diaryl/α,β-unsaturated/α-hetero) is 1. The number of carbonyl (C=O) groups excluding carboxylic acids is 4. The van der Waals surface area contributed by atoms with Gasteiger partial charge in [-0.25, -0.2) is 0 Å². The minimum Gasteiger partial charge on any atom is -0.507 e. The minimum absolute atomic E-state index is 0.110. The lowest BCUT2D eigenvalue weighted by atomic mass is 9.59. The molecule has 8 nitrogen and oxygen atoms in total. The first-order valence-corrected chi connectivity index (χ1v) is 13.8. The van der Waals surface area contributed by atoms with Gasteiger partial charge in [0, 0.05) is 45.9 Å². The molecule has 0 spiro atoms. The Morgan fingerprint density at radius 1 is 1.00 bits per heavy atom. The summed E-state index contributed by atoms with van der Waals surface area (Å²) in [5.74, 6) is -3.79. The van der Waals surface area contributed by atoms with E-state index >= 15 is 0 Å². The van der Waals surface area contributed by atoms with Crippen LogP contribution >= 0.6 is 27.5 Å². The van der Waals surface area contributed by atoms with Crippen LogP contribution in [0.3, 0.4) is 0 Å². The highest BCUT2D eigenvalue weighted by Gasteiger charge is 2.57. The number of amides is 2. The van der Waals surface area contributed by atoms with Crippen molar-refractivity contribution < 1.29 is 33.8 Å². The summed E-state index contributed by atoms with van der Waals surface area (Å²) < 4.78 is 11.0. The molecule has 0 bridgehead atoms. The van der Waals surface area contributed by atoms with Gasteiger partial charge in [0.1, 0.15) is 17.2 Å². The van der Waals surface area contributed by atoms with E-state index in [0.29, 0.717) is 27.6 Å². The Morgan fingerprint density at radius 2 is 1.73 bits per heavy atom. The molecule has 4 atom stereocenters. The number of imide groups is 1. The monoisotopic (exact) mass is 623 g/mol. The summed E-state index contributed by atoms with van der Waals surface area (Å²) in [7, 11) is 2.89. The smallest absolute Gasteiger partial charge is 0.238 e. The van der Waals surface area contributed by atoms with Crippen molar-refractivity contribution in [1.29, 1.82) is 0 Å². The Hall–Kier alpha value is -3.69. The standard InChI is InChI=1S/C30H23BrClNO7/c1-39-15-9-21(34)27(23(10-15)40-2)26-16-7-8-17-24(18(16)11-19-25(26)22(35)12-20(31)28(19)36)30(38)33(29(17)37)14-5-3-13(32)4-6-14/h3-7,9-10,12,17-18,24,26,34H,8,11H2,1-2H3/t17-,18+,24-,26-/m0/s1. The fourth-order valence-corrected chi connectivity index (χ4v) is 7.12. The summed E-state index contributed by atoms with van der Waals surface area (Å²) in [6.45, 7) is 0. The normalized spacial score (nSPS) is 25.8. The van der Waals surface area contributed by atoms with E-state index in [1.54, 1.807) is 30.3 Å². The number of anilines is 1. The number of methoxy groups -OCH3 is 2. The Morgan fingerprint density at radius 3 is 2.40 bits per heavy atom. The summed E-state index contributed by atoms with van der Waals surface area (Å²) in [6.07, 6.45) is 3.50. The van der Waals surface area contributed by atoms with Crippen molar-refractivity contribution in [2.24, 2.45) is 17.8 Å². The molecule has 1 heterocycles. The molecule has 2 aromatic carbocycles. The number of aromatic hydroxyl groups is 1. The van der Waals surface area contributed by atoms with Crippen LogP contribution in [0, 0.1) is 17.8 Å². The van der Waals surface area contributed by atoms with Gasteiger partial charge in [0.25, 0.3) is 0 Å². The highest BCUT2D eigenvalue weighted by atomic mass is 79.9. The van der Waals surface area contributed by atoms with Gasteiger partial charge in [0.2, 0.25) is 11.8 Å². The molecule has 2 aromatic rings. The third-order valence-corrected chi connectivity index (χ3v) is 9.10. The van der Waals surface area contributed by atoms with Gasteiger partial charge in [-0.2, -0.15) is 0 Å². The number of hydrogen-bond donors (Lipinski definition) is 1. The summed E-state index contributed by atoms with van der Waals surface area (Å²) in [5.41, 5.74) is 1.91. The number of benzene rings is 2. The largest absolute Gasteiger partial charge is 0.507 e. The molecule has 0 radical (unpaired) electrons. The van der Waals surface area contributed by atoms with Crippen LogP contribution in [0.15, 0.2) is 69.8 Å². The number of phenolic OH excluding ortho intramolecular Hbond substituents is 1. The Bertz CT molecular complexity index is 1610. The molecule has 1 N–H and O–H groups in total. The van der Waals surface area contributed by atoms with Crippen LogP contribution in [-0.4, -0.2) is 42.7 Å². The molecular formula is C30H23BrClNO7. The maximum absolute atomic E-state index is 13.9. The zero-order valence-electron chi connectivity index (χ0n) is 21.4. The van der Waals surface area contributed by atoms with Gasteiger partial charge in [-0.3, -0.25) is 24.1 Å². The predicted octanol–water partition coefficient (Wildman–Crippen LogP) is 5.03. The van der Waals surface area contributed by atoms with Crippen LogP contribution in [0.5, 0.6) is 17.2 Å². The van der Waals surface area contributed by atoms with E-state index in [2.05, 4.69) is 15.9 Å². The van der Waals surface area contributed by atoms with Crippen LogP contribution in [0.2, 0.25) is 5.02 Å². The minimum atomic E-state index is -0.864. The first-order chi connectivity index (χ1) is 19.2. The van der Waals surface area contributed by atoms with Crippen LogP contribution in [0.1, 0.15) is 24.3 Å². The Balaban J connectivity index is 1.53. The van der Waals surface area contributed by atoms with E-state index in [9.17, 15) is 24.3 Å². The van der Waals surface area contributed by atoms with E-state index in [1.165, 1.54) is 31.3 Å². The van der Waals surface area contributed by atoms with Crippen molar-refractivity contribution in [3.63, 3.8) is 0 Å². The molecule has 3 aliphatic carbocycles. The SMILES string of the molecule is COc1cc(O)c([C@H]2C3=CC[C@@H]4C(=O)N(c5ccc(Cl)cc5)C(=O)[C@@H]4[C@@H]3CC3=C2C(=O)C=C(Br)C3=O)c(OC)c1. The summed E-state index contributed by atoms with van der Waals surface area (Å²) in [6, 6.07) is 9.50. The van der Waals surface area contributed by atoms with E-state index in [4.69, 9.17) is 21.1 Å². The van der Waals surface area contributed by atoms with Crippen molar-refractivity contribution in [2.75, 3.05) is 19.1 Å². The number of halogens is 2. The van der Waals surface area contributed by atoms with Gasteiger partial charge in [-0.05, 0) is 59.0 Å². The van der Waals surface area contributed by atoms with Crippen molar-refractivity contribution in [3.8, 4) is 17.2 Å². The van der Waals surface area contributed by atoms with Gasteiger partial charge in [0.05, 0.1) is 36.2 Å². The maximum Gasteiger partial charge on any atom is 0.238 e. The third kappa shape index (κ3) is 3.86. The second kappa shape index (κ2) is 9.74. The quantitative estimate of drug-likeness (QED) is 0.289. The molecule has 6 rings (SSSR count). The second-order valence-electron chi connectivity index (χ2n) is 10.1. The second-order valence-corrected chi connectivity index (χ2v) is 11.4. The fraction of sp³-hybridized carbons (Fsp3) is 0.267. The zero-order chi connectivity index (χ0) is 28.5. The summed E-state index contributed by atoms with van der Waals surface area (Å²) in [5, 5.41) is 11.7. The first-order valence-electron chi connectivity index (χ1n) is 12.6. The fourth-order valence-electron chi connectivity index (χ4n) is 6.55. The van der Waals surface area contributed by atoms with E-state index in [1.807, 2.05) is 6.08 Å². The number of nitrogens with zero attached hydrogens (tertiary/aromatic N) is 1. The molecule has 0 saturated carbocycles. The van der Waals surface area contributed by atoms with E-state index in [0.717, 1.165) is 0 Å². The first kappa shape index (κ1) is 26.5. The highest BCUT2D eigenvalue weighted by Crippen LogP contribution is 2.58. The van der Waals surface area contributed by atoms with Gasteiger partial charge in [0.15, 0.2) is 11.6 Å². The van der Waals surface area contributed by atoms with Gasteiger partial charge < -0.3 is 14.6 Å². The molecule has 40 heavy (non-hydrogen) atoms. The van der Waals surface area contributed by atoms with Crippen molar-refractivity contribution in [3.05, 3.63) is 80.3 Å². The lowest BCUT2D eigenvalue weighted by Crippen LogP contribution is -2.39. The topological polar surface area (TPSA) is 110 Å². The molecule has 204 valence electrons. The molecule has 0 aromatic heterocycles. The van der Waals surface area contributed by atoms with E-state index in [-0.39, 0.29) is 63.4 Å². The van der Waals surface area contributed by atoms with E-state index < -0.39 is 23.7 Å². The number of ether oxygens (including phenoxy) is 2. The number of rotatable bonds is 4. The molecule has 4 aliphatic rings.